The van der Waals surface area contributed by atoms with E-state index < -0.39 is 0 Å². The van der Waals surface area contributed by atoms with Gasteiger partial charge in [-0.15, -0.1) is 24.0 Å². The molecule has 0 spiro atoms. The van der Waals surface area contributed by atoms with Crippen molar-refractivity contribution in [2.45, 2.75) is 19.4 Å². The average molecular weight is 514 g/mol. The third-order valence-corrected chi connectivity index (χ3v) is 3.91. The maximum Gasteiger partial charge on any atom is 0.251 e. The molecule has 0 aromatic heterocycles. The van der Waals surface area contributed by atoms with Crippen LogP contribution in [0.5, 0.6) is 5.75 Å². The van der Waals surface area contributed by atoms with E-state index in [0.29, 0.717) is 31.2 Å². The molecule has 0 aliphatic rings. The van der Waals surface area contributed by atoms with E-state index in [0.717, 1.165) is 6.42 Å². The Balaban J connectivity index is 0.00000420. The van der Waals surface area contributed by atoms with Gasteiger partial charge in [0, 0.05) is 25.7 Å². The number of carbonyl (C=O) groups excluding carboxylic acids is 1. The summed E-state index contributed by atoms with van der Waals surface area (Å²) < 4.78 is 19.2. The van der Waals surface area contributed by atoms with E-state index in [9.17, 15) is 9.18 Å². The summed E-state index contributed by atoms with van der Waals surface area (Å²) in [4.78, 5) is 16.1. The number of benzene rings is 2. The first-order valence-corrected chi connectivity index (χ1v) is 9.29. The zero-order valence-electron chi connectivity index (χ0n) is 16.7. The number of nitrogens with one attached hydrogen (secondary N) is 3. The lowest BCUT2D eigenvalue weighted by Crippen LogP contribution is -2.42. The van der Waals surface area contributed by atoms with Crippen LogP contribution < -0.4 is 20.7 Å². The second-order valence-corrected chi connectivity index (χ2v) is 6.21. The van der Waals surface area contributed by atoms with Crippen molar-refractivity contribution in [1.29, 1.82) is 0 Å². The second-order valence-electron chi connectivity index (χ2n) is 6.21. The molecule has 0 fully saturated rings. The molecule has 0 saturated carbocycles. The highest BCUT2D eigenvalue weighted by Gasteiger charge is 2.09. The fraction of sp³-hybridized carbons (Fsp3) is 0.333. The molecule has 1 amide bonds. The number of rotatable bonds is 9. The summed E-state index contributed by atoms with van der Waals surface area (Å²) in [6.45, 7) is 3.53. The van der Waals surface area contributed by atoms with E-state index >= 15 is 0 Å². The van der Waals surface area contributed by atoms with Crippen LogP contribution in [0.1, 0.15) is 23.7 Å². The molecule has 8 heteroatoms. The fourth-order valence-corrected chi connectivity index (χ4v) is 2.45. The van der Waals surface area contributed by atoms with Crippen LogP contribution in [-0.2, 0) is 0 Å². The van der Waals surface area contributed by atoms with Crippen molar-refractivity contribution < 1.29 is 13.9 Å². The van der Waals surface area contributed by atoms with Crippen LogP contribution in [0, 0.1) is 5.82 Å². The van der Waals surface area contributed by atoms with Crippen molar-refractivity contribution in [3.8, 4) is 5.75 Å². The lowest BCUT2D eigenvalue weighted by atomic mass is 10.2. The van der Waals surface area contributed by atoms with Crippen molar-refractivity contribution >= 4 is 35.8 Å². The Labute approximate surface area is 188 Å². The Kier molecular flexibility index (Phi) is 11.7. The zero-order chi connectivity index (χ0) is 20.2. The van der Waals surface area contributed by atoms with E-state index in [1.165, 1.54) is 6.07 Å². The normalized spacial score (nSPS) is 11.8. The Morgan fingerprint density at radius 1 is 1.03 bits per heavy atom. The Hall–Kier alpha value is -2.36. The van der Waals surface area contributed by atoms with Crippen LogP contribution in [0.4, 0.5) is 4.39 Å². The molecule has 3 N–H and O–H groups in total. The second kappa shape index (κ2) is 13.8. The first-order chi connectivity index (χ1) is 13.6. The highest BCUT2D eigenvalue weighted by Crippen LogP contribution is 2.16. The summed E-state index contributed by atoms with van der Waals surface area (Å²) in [7, 11) is 1.68. The molecule has 2 aromatic carbocycles. The zero-order valence-corrected chi connectivity index (χ0v) is 19.0. The minimum absolute atomic E-state index is 0. The number of aliphatic imine (C=N–C) groups is 1. The minimum atomic E-state index is -0.380. The van der Waals surface area contributed by atoms with Crippen LogP contribution in [0.25, 0.3) is 0 Å². The summed E-state index contributed by atoms with van der Waals surface area (Å²) >= 11 is 0. The maximum atomic E-state index is 13.6. The van der Waals surface area contributed by atoms with Crippen molar-refractivity contribution in [3.05, 3.63) is 66.0 Å². The number of amides is 1. The van der Waals surface area contributed by atoms with E-state index in [1.807, 2.05) is 25.1 Å². The van der Waals surface area contributed by atoms with Crippen molar-refractivity contribution in [1.82, 2.24) is 16.0 Å². The molecule has 2 aromatic rings. The van der Waals surface area contributed by atoms with Gasteiger partial charge in [-0.1, -0.05) is 30.3 Å². The van der Waals surface area contributed by atoms with Crippen LogP contribution in [-0.4, -0.2) is 44.7 Å². The van der Waals surface area contributed by atoms with Crippen molar-refractivity contribution in [2.24, 2.45) is 4.99 Å². The van der Waals surface area contributed by atoms with E-state index in [2.05, 4.69) is 20.9 Å². The van der Waals surface area contributed by atoms with Crippen LogP contribution in [0.2, 0.25) is 0 Å². The summed E-state index contributed by atoms with van der Waals surface area (Å²) in [5.41, 5.74) is 0.650. The fourth-order valence-electron chi connectivity index (χ4n) is 2.45. The van der Waals surface area contributed by atoms with Crippen LogP contribution in [0.15, 0.2) is 59.6 Å². The predicted molar refractivity (Wildman–Crippen MR) is 125 cm³/mol. The van der Waals surface area contributed by atoms with Crippen molar-refractivity contribution in [2.75, 3.05) is 26.7 Å². The number of halogens is 2. The van der Waals surface area contributed by atoms with Gasteiger partial charge in [0.05, 0.1) is 6.54 Å². The van der Waals surface area contributed by atoms with Crippen LogP contribution >= 0.6 is 24.0 Å². The summed E-state index contributed by atoms with van der Waals surface area (Å²) in [6, 6.07) is 15.4. The highest BCUT2D eigenvalue weighted by atomic mass is 127. The van der Waals surface area contributed by atoms with Gasteiger partial charge in [0.15, 0.2) is 17.5 Å². The molecule has 158 valence electrons. The number of ether oxygens (including phenoxy) is 1. The smallest absolute Gasteiger partial charge is 0.251 e. The molecule has 0 aliphatic carbocycles. The molecular formula is C21H28FIN4O2. The maximum absolute atomic E-state index is 13.6. The third-order valence-electron chi connectivity index (χ3n) is 3.91. The number of guanidine groups is 1. The van der Waals surface area contributed by atoms with Gasteiger partial charge >= 0.3 is 0 Å². The Morgan fingerprint density at radius 2 is 1.69 bits per heavy atom. The quantitative estimate of drug-likeness (QED) is 0.208. The molecule has 0 bridgehead atoms. The van der Waals surface area contributed by atoms with E-state index in [4.69, 9.17) is 4.74 Å². The van der Waals surface area contributed by atoms with Gasteiger partial charge in [-0.25, -0.2) is 4.39 Å². The lowest BCUT2D eigenvalue weighted by Gasteiger charge is -2.18. The standard InChI is InChI=1S/C21H27FN4O2.HI/c1-16(28-19-12-7-6-11-18(19)22)15-26-21(23-2)25-14-8-13-24-20(27)17-9-4-3-5-10-17;/h3-7,9-12,16H,8,13-15H2,1-2H3,(H,24,27)(H2,23,25,26);1H. The van der Waals surface area contributed by atoms with Gasteiger partial charge in [-0.05, 0) is 37.6 Å². The molecule has 1 unspecified atom stereocenters. The number of hydrogen-bond donors (Lipinski definition) is 3. The summed E-state index contributed by atoms with van der Waals surface area (Å²) in [5.74, 6) is 0.393. The van der Waals surface area contributed by atoms with Crippen LogP contribution in [0.3, 0.4) is 0 Å². The van der Waals surface area contributed by atoms with Gasteiger partial charge in [0.25, 0.3) is 5.91 Å². The number of para-hydroxylation sites is 1. The summed E-state index contributed by atoms with van der Waals surface area (Å²) in [5, 5.41) is 9.19. The predicted octanol–water partition coefficient (Wildman–Crippen LogP) is 3.20. The average Bonchev–Trinajstić information content (AvgIpc) is 2.72. The SMILES string of the molecule is CN=C(NCCCNC(=O)c1ccccc1)NCC(C)Oc1ccccc1F.I. The molecular weight excluding hydrogens is 486 g/mol. The number of nitrogens with zero attached hydrogens (tertiary/aromatic N) is 1. The number of hydrogen-bond acceptors (Lipinski definition) is 3. The first kappa shape index (κ1) is 24.7. The lowest BCUT2D eigenvalue weighted by molar-refractivity contribution is 0.0953. The number of carbonyl (C=O) groups is 1. The molecule has 1 atom stereocenters. The van der Waals surface area contributed by atoms with Crippen molar-refractivity contribution in [3.63, 3.8) is 0 Å². The third kappa shape index (κ3) is 9.12. The molecule has 0 aliphatic heterocycles. The van der Waals surface area contributed by atoms with Gasteiger partial charge in [0.1, 0.15) is 6.10 Å². The largest absolute Gasteiger partial charge is 0.486 e. The first-order valence-electron chi connectivity index (χ1n) is 9.29. The Morgan fingerprint density at radius 3 is 2.38 bits per heavy atom. The molecule has 29 heavy (non-hydrogen) atoms. The van der Waals surface area contributed by atoms with Gasteiger partial charge in [-0.2, -0.15) is 0 Å². The van der Waals surface area contributed by atoms with Gasteiger partial charge in [-0.3, -0.25) is 9.79 Å². The van der Waals surface area contributed by atoms with Gasteiger partial charge in [0.2, 0.25) is 0 Å². The summed E-state index contributed by atoms with van der Waals surface area (Å²) in [6.07, 6.45) is 0.515. The minimum Gasteiger partial charge on any atom is -0.486 e. The van der Waals surface area contributed by atoms with E-state index in [1.54, 1.807) is 37.4 Å². The molecule has 6 nitrogen and oxygen atoms in total. The van der Waals surface area contributed by atoms with Gasteiger partial charge < -0.3 is 20.7 Å². The molecule has 0 radical (unpaired) electrons. The monoisotopic (exact) mass is 514 g/mol. The van der Waals surface area contributed by atoms with E-state index in [-0.39, 0.29) is 47.6 Å². The molecule has 0 heterocycles. The highest BCUT2D eigenvalue weighted by molar-refractivity contribution is 14.0. The topological polar surface area (TPSA) is 74.8 Å². The Bertz CT molecular complexity index is 774. The molecule has 2 rings (SSSR count). The molecule has 0 saturated heterocycles.